The number of alkyl halides is 1. The van der Waals surface area contributed by atoms with Crippen LogP contribution in [0, 0.1) is 0 Å². The van der Waals surface area contributed by atoms with Crippen LogP contribution < -0.4 is 5.32 Å². The van der Waals surface area contributed by atoms with Crippen molar-refractivity contribution in [2.75, 3.05) is 25.3 Å². The minimum absolute atomic E-state index is 0.00336. The first-order valence-corrected chi connectivity index (χ1v) is 7.30. The highest BCUT2D eigenvalue weighted by Crippen LogP contribution is 2.16. The number of benzene rings is 1. The number of hydrogen-bond acceptors (Lipinski definition) is 3. The zero-order valence-electron chi connectivity index (χ0n) is 10.4. The molecule has 1 aromatic rings. The Labute approximate surface area is 117 Å². The largest absolute Gasteiger partial charge is 0.383 e. The Morgan fingerprint density at radius 3 is 2.78 bits per heavy atom. The van der Waals surface area contributed by atoms with E-state index in [2.05, 4.69) is 5.32 Å². The Balaban J connectivity index is 2.31. The molecular weight excluding hydrogens is 270 g/mol. The number of ether oxygens (including phenoxy) is 1. The molecule has 0 aromatic heterocycles. The molecule has 1 aromatic carbocycles. The van der Waals surface area contributed by atoms with Gasteiger partial charge in [0.1, 0.15) is 0 Å². The molecule has 1 N–H and O–H groups in total. The van der Waals surface area contributed by atoms with Gasteiger partial charge in [-0.1, -0.05) is 18.2 Å². The summed E-state index contributed by atoms with van der Waals surface area (Å²) in [6, 6.07) is 9.85. The van der Waals surface area contributed by atoms with Gasteiger partial charge in [-0.2, -0.15) is 0 Å². The Bertz CT molecular complexity index is 342. The fourth-order valence-electron chi connectivity index (χ4n) is 1.46. The van der Waals surface area contributed by atoms with E-state index >= 15 is 0 Å². The van der Waals surface area contributed by atoms with E-state index in [1.165, 1.54) is 11.8 Å². The summed E-state index contributed by atoms with van der Waals surface area (Å²) in [7, 11) is 1.62. The molecule has 0 saturated carbocycles. The second-order valence-corrected chi connectivity index (χ2v) is 5.23. The SMILES string of the molecule is COCC(CCCl)NC(=O)CSc1ccccc1. The summed E-state index contributed by atoms with van der Waals surface area (Å²) in [4.78, 5) is 12.8. The highest BCUT2D eigenvalue weighted by Gasteiger charge is 2.11. The fraction of sp³-hybridized carbons (Fsp3) is 0.462. The van der Waals surface area contributed by atoms with E-state index in [-0.39, 0.29) is 11.9 Å². The van der Waals surface area contributed by atoms with Crippen LogP contribution in [0.1, 0.15) is 6.42 Å². The predicted molar refractivity (Wildman–Crippen MR) is 76.3 cm³/mol. The van der Waals surface area contributed by atoms with Gasteiger partial charge in [0.2, 0.25) is 5.91 Å². The van der Waals surface area contributed by atoms with Crippen molar-refractivity contribution >= 4 is 29.3 Å². The second kappa shape index (κ2) is 9.25. The van der Waals surface area contributed by atoms with Crippen molar-refractivity contribution in [3.63, 3.8) is 0 Å². The molecule has 0 saturated heterocycles. The monoisotopic (exact) mass is 287 g/mol. The molecule has 0 aliphatic heterocycles. The number of amides is 1. The van der Waals surface area contributed by atoms with Gasteiger partial charge in [0, 0.05) is 17.9 Å². The molecule has 1 unspecified atom stereocenters. The molecule has 0 aliphatic rings. The highest BCUT2D eigenvalue weighted by atomic mass is 35.5. The van der Waals surface area contributed by atoms with Crippen LogP contribution in [0.2, 0.25) is 0 Å². The molecule has 100 valence electrons. The van der Waals surface area contributed by atoms with Crippen LogP contribution in [0.3, 0.4) is 0 Å². The number of methoxy groups -OCH3 is 1. The van der Waals surface area contributed by atoms with E-state index in [4.69, 9.17) is 16.3 Å². The third-order valence-corrected chi connectivity index (χ3v) is 3.53. The molecule has 1 rings (SSSR count). The van der Waals surface area contributed by atoms with Gasteiger partial charge in [-0.25, -0.2) is 0 Å². The Morgan fingerprint density at radius 2 is 2.17 bits per heavy atom. The molecule has 3 nitrogen and oxygen atoms in total. The summed E-state index contributed by atoms with van der Waals surface area (Å²) in [6.07, 6.45) is 0.719. The number of carbonyl (C=O) groups is 1. The maximum Gasteiger partial charge on any atom is 0.230 e. The normalized spacial score (nSPS) is 12.1. The van der Waals surface area contributed by atoms with Crippen LogP contribution in [0.25, 0.3) is 0 Å². The van der Waals surface area contributed by atoms with Gasteiger partial charge in [-0.05, 0) is 18.6 Å². The van der Waals surface area contributed by atoms with E-state index in [0.29, 0.717) is 18.2 Å². The van der Waals surface area contributed by atoms with Crippen molar-refractivity contribution in [3.8, 4) is 0 Å². The summed E-state index contributed by atoms with van der Waals surface area (Å²) < 4.78 is 5.04. The number of rotatable bonds is 8. The summed E-state index contributed by atoms with van der Waals surface area (Å²) >= 11 is 7.20. The van der Waals surface area contributed by atoms with Crippen molar-refractivity contribution in [1.82, 2.24) is 5.32 Å². The van der Waals surface area contributed by atoms with E-state index < -0.39 is 0 Å². The number of thioether (sulfide) groups is 1. The van der Waals surface area contributed by atoms with Crippen LogP contribution >= 0.6 is 23.4 Å². The molecule has 0 bridgehead atoms. The van der Waals surface area contributed by atoms with E-state index in [1.54, 1.807) is 7.11 Å². The van der Waals surface area contributed by atoms with Crippen molar-refractivity contribution in [2.45, 2.75) is 17.4 Å². The fourth-order valence-corrected chi connectivity index (χ4v) is 2.46. The van der Waals surface area contributed by atoms with Gasteiger partial charge >= 0.3 is 0 Å². The van der Waals surface area contributed by atoms with Gasteiger partial charge in [-0.3, -0.25) is 4.79 Å². The zero-order valence-corrected chi connectivity index (χ0v) is 12.0. The van der Waals surface area contributed by atoms with Crippen LogP contribution in [-0.2, 0) is 9.53 Å². The average Bonchev–Trinajstić information content (AvgIpc) is 2.38. The van der Waals surface area contributed by atoms with Gasteiger partial charge < -0.3 is 10.1 Å². The summed E-state index contributed by atoms with van der Waals surface area (Å²) in [6.45, 7) is 0.495. The second-order valence-electron chi connectivity index (χ2n) is 3.80. The first kappa shape index (κ1) is 15.3. The van der Waals surface area contributed by atoms with E-state index in [9.17, 15) is 4.79 Å². The summed E-state index contributed by atoms with van der Waals surface area (Å²) in [5, 5.41) is 2.92. The number of halogens is 1. The lowest BCUT2D eigenvalue weighted by Gasteiger charge is -2.16. The van der Waals surface area contributed by atoms with Crippen LogP contribution in [-0.4, -0.2) is 37.3 Å². The minimum Gasteiger partial charge on any atom is -0.383 e. The topological polar surface area (TPSA) is 38.3 Å². The van der Waals surface area contributed by atoms with Crippen molar-refractivity contribution in [3.05, 3.63) is 30.3 Å². The molecule has 0 fully saturated rings. The van der Waals surface area contributed by atoms with Crippen molar-refractivity contribution in [1.29, 1.82) is 0 Å². The lowest BCUT2D eigenvalue weighted by atomic mass is 10.2. The maximum atomic E-state index is 11.7. The van der Waals surface area contributed by atoms with Crippen molar-refractivity contribution < 1.29 is 9.53 Å². The molecule has 1 atom stereocenters. The van der Waals surface area contributed by atoms with Crippen LogP contribution in [0.5, 0.6) is 0 Å². The molecule has 0 radical (unpaired) electrons. The Kier molecular flexibility index (Phi) is 7.89. The van der Waals surface area contributed by atoms with Gasteiger partial charge in [0.25, 0.3) is 0 Å². The molecule has 0 heterocycles. The quantitative estimate of drug-likeness (QED) is 0.590. The van der Waals surface area contributed by atoms with Crippen LogP contribution in [0.15, 0.2) is 35.2 Å². The van der Waals surface area contributed by atoms with Gasteiger partial charge in [-0.15, -0.1) is 23.4 Å². The predicted octanol–water partition coefficient (Wildman–Crippen LogP) is 2.54. The molecule has 1 amide bonds. The molecular formula is C13H18ClNO2S. The molecule has 18 heavy (non-hydrogen) atoms. The van der Waals surface area contributed by atoms with Gasteiger partial charge in [0.05, 0.1) is 18.4 Å². The molecule has 0 spiro atoms. The first-order chi connectivity index (χ1) is 8.76. The number of carbonyl (C=O) groups excluding carboxylic acids is 1. The third-order valence-electron chi connectivity index (χ3n) is 2.30. The smallest absolute Gasteiger partial charge is 0.230 e. The van der Waals surface area contributed by atoms with E-state index in [0.717, 1.165) is 11.3 Å². The van der Waals surface area contributed by atoms with Gasteiger partial charge in [0.15, 0.2) is 0 Å². The first-order valence-electron chi connectivity index (χ1n) is 5.78. The zero-order chi connectivity index (χ0) is 13.2. The molecule has 5 heteroatoms. The lowest BCUT2D eigenvalue weighted by Crippen LogP contribution is -2.39. The Morgan fingerprint density at radius 1 is 1.44 bits per heavy atom. The number of hydrogen-bond donors (Lipinski definition) is 1. The molecule has 0 aliphatic carbocycles. The van der Waals surface area contributed by atoms with Crippen molar-refractivity contribution in [2.24, 2.45) is 0 Å². The summed E-state index contributed by atoms with van der Waals surface area (Å²) in [5.74, 6) is 0.933. The van der Waals surface area contributed by atoms with Crippen LogP contribution in [0.4, 0.5) is 0 Å². The Hall–Kier alpha value is -0.710. The average molecular weight is 288 g/mol. The van der Waals surface area contributed by atoms with E-state index in [1.807, 2.05) is 30.3 Å². The maximum absolute atomic E-state index is 11.7. The standard InChI is InChI=1S/C13H18ClNO2S/c1-17-9-11(7-8-14)15-13(16)10-18-12-5-3-2-4-6-12/h2-6,11H,7-10H2,1H3,(H,15,16). The summed E-state index contributed by atoms with van der Waals surface area (Å²) in [5.41, 5.74) is 0. The highest BCUT2D eigenvalue weighted by molar-refractivity contribution is 8.00. The third kappa shape index (κ3) is 6.28. The minimum atomic E-state index is -0.00336. The lowest BCUT2D eigenvalue weighted by molar-refractivity contribution is -0.119. The number of nitrogens with one attached hydrogen (secondary N) is 1.